The van der Waals surface area contributed by atoms with Gasteiger partial charge in [0.2, 0.25) is 0 Å². The molecule has 0 aromatic carbocycles. The molecule has 0 bridgehead atoms. The van der Waals surface area contributed by atoms with E-state index in [2.05, 4.69) is 4.98 Å². The van der Waals surface area contributed by atoms with Crippen LogP contribution in [0.2, 0.25) is 0 Å². The van der Waals surface area contributed by atoms with Crippen molar-refractivity contribution in [3.63, 3.8) is 0 Å². The van der Waals surface area contributed by atoms with Crippen molar-refractivity contribution in [2.75, 3.05) is 13.1 Å². The predicted molar refractivity (Wildman–Crippen MR) is 80.3 cm³/mol. The molecule has 2 aromatic rings. The molecule has 124 valence electrons. The fraction of sp³-hybridized carbons (Fsp3) is 0.500. The predicted octanol–water partition coefficient (Wildman–Crippen LogP) is 2.78. The number of hydrogen-bond donors (Lipinski definition) is 0. The van der Waals surface area contributed by atoms with Crippen molar-refractivity contribution in [1.82, 2.24) is 14.3 Å². The average Bonchev–Trinajstić information content (AvgIpc) is 2.48. The zero-order chi connectivity index (χ0) is 16.6. The smallest absolute Gasteiger partial charge is 0.297 e. The Kier molecular flexibility index (Phi) is 4.14. The number of aromatic nitrogens is 2. The average molecular weight is 325 g/mol. The van der Waals surface area contributed by atoms with Crippen LogP contribution in [0, 0.1) is 12.8 Å². The lowest BCUT2D eigenvalue weighted by Gasteiger charge is -2.33. The van der Waals surface area contributed by atoms with Crippen molar-refractivity contribution in [3.05, 3.63) is 46.0 Å². The van der Waals surface area contributed by atoms with Gasteiger partial charge in [-0.15, -0.1) is 0 Å². The number of rotatable bonds is 2. The van der Waals surface area contributed by atoms with Gasteiger partial charge in [-0.3, -0.25) is 14.1 Å². The Morgan fingerprint density at radius 2 is 2.13 bits per heavy atom. The summed E-state index contributed by atoms with van der Waals surface area (Å²) in [7, 11) is 0. The molecule has 1 saturated heterocycles. The summed E-state index contributed by atoms with van der Waals surface area (Å²) in [6, 6.07) is 5.00. The van der Waals surface area contributed by atoms with Crippen LogP contribution in [-0.4, -0.2) is 33.6 Å². The number of likely N-dealkylation sites (tertiary alicyclic amines) is 1. The summed E-state index contributed by atoms with van der Waals surface area (Å²) in [6.45, 7) is 2.72. The zero-order valence-electron chi connectivity index (χ0n) is 12.8. The number of pyridine rings is 1. The molecule has 0 unspecified atom stereocenters. The maximum atomic E-state index is 12.9. The van der Waals surface area contributed by atoms with Crippen LogP contribution in [0.5, 0.6) is 0 Å². The summed E-state index contributed by atoms with van der Waals surface area (Å²) < 4.78 is 40.1. The van der Waals surface area contributed by atoms with Crippen LogP contribution in [0.4, 0.5) is 13.2 Å². The van der Waals surface area contributed by atoms with E-state index in [1.165, 1.54) is 10.5 Å². The highest BCUT2D eigenvalue weighted by atomic mass is 19.4. The molecule has 1 atom stereocenters. The molecule has 0 radical (unpaired) electrons. The summed E-state index contributed by atoms with van der Waals surface area (Å²) in [4.78, 5) is 18.3. The van der Waals surface area contributed by atoms with Gasteiger partial charge in [0.1, 0.15) is 5.65 Å². The summed E-state index contributed by atoms with van der Waals surface area (Å²) in [5.41, 5.74) is 1.76. The Bertz CT molecular complexity index is 769. The van der Waals surface area contributed by atoms with E-state index in [-0.39, 0.29) is 25.1 Å². The van der Waals surface area contributed by atoms with Gasteiger partial charge in [-0.25, -0.2) is 4.98 Å². The van der Waals surface area contributed by atoms with Crippen LogP contribution in [0.15, 0.2) is 29.2 Å². The largest absolute Gasteiger partial charge is 0.393 e. The molecule has 0 spiro atoms. The van der Waals surface area contributed by atoms with E-state index in [9.17, 15) is 18.0 Å². The third kappa shape index (κ3) is 3.55. The van der Waals surface area contributed by atoms with Crippen molar-refractivity contribution >= 4 is 5.65 Å². The Hall–Kier alpha value is -1.89. The third-order valence-corrected chi connectivity index (χ3v) is 4.21. The second-order valence-electron chi connectivity index (χ2n) is 6.14. The highest BCUT2D eigenvalue weighted by Gasteiger charge is 2.41. The second kappa shape index (κ2) is 5.96. The number of fused-ring (bicyclic) bond motifs is 1. The minimum absolute atomic E-state index is 0.0293. The Morgan fingerprint density at radius 3 is 2.87 bits per heavy atom. The number of alkyl halides is 3. The van der Waals surface area contributed by atoms with Crippen molar-refractivity contribution < 1.29 is 13.2 Å². The molecule has 0 saturated carbocycles. The maximum Gasteiger partial charge on any atom is 0.393 e. The summed E-state index contributed by atoms with van der Waals surface area (Å²) in [5.74, 6) is -1.29. The molecule has 1 aliphatic rings. The SMILES string of the molecule is Cc1ccc2nc(CN3CCC[C@@H](C(F)(F)F)C3)cc(=O)n2c1. The molecular formula is C16H18F3N3O. The molecular weight excluding hydrogens is 307 g/mol. The molecule has 0 N–H and O–H groups in total. The van der Waals surface area contributed by atoms with Gasteiger partial charge in [-0.1, -0.05) is 6.07 Å². The Labute approximate surface area is 131 Å². The van der Waals surface area contributed by atoms with Gasteiger partial charge in [0.25, 0.3) is 5.56 Å². The second-order valence-corrected chi connectivity index (χ2v) is 6.14. The fourth-order valence-corrected chi connectivity index (χ4v) is 3.03. The maximum absolute atomic E-state index is 12.9. The normalized spacial score (nSPS) is 20.1. The summed E-state index contributed by atoms with van der Waals surface area (Å²) in [5, 5.41) is 0. The van der Waals surface area contributed by atoms with Crippen LogP contribution >= 0.6 is 0 Å². The zero-order valence-corrected chi connectivity index (χ0v) is 12.8. The molecule has 23 heavy (non-hydrogen) atoms. The van der Waals surface area contributed by atoms with Crippen molar-refractivity contribution in [1.29, 1.82) is 0 Å². The first kappa shape index (κ1) is 16.0. The first-order chi connectivity index (χ1) is 10.8. The van der Waals surface area contributed by atoms with Gasteiger partial charge >= 0.3 is 6.18 Å². The van der Waals surface area contributed by atoms with Crippen LogP contribution in [0.25, 0.3) is 5.65 Å². The lowest BCUT2D eigenvalue weighted by atomic mass is 9.97. The van der Waals surface area contributed by atoms with E-state index >= 15 is 0 Å². The highest BCUT2D eigenvalue weighted by molar-refractivity contribution is 5.39. The number of nitrogens with zero attached hydrogens (tertiary/aromatic N) is 3. The summed E-state index contributed by atoms with van der Waals surface area (Å²) >= 11 is 0. The number of piperidine rings is 1. The third-order valence-electron chi connectivity index (χ3n) is 4.21. The molecule has 2 aromatic heterocycles. The first-order valence-corrected chi connectivity index (χ1v) is 7.61. The monoisotopic (exact) mass is 325 g/mol. The fourth-order valence-electron chi connectivity index (χ4n) is 3.03. The molecule has 3 rings (SSSR count). The highest BCUT2D eigenvalue weighted by Crippen LogP contribution is 2.33. The van der Waals surface area contributed by atoms with E-state index < -0.39 is 12.1 Å². The van der Waals surface area contributed by atoms with Gasteiger partial charge in [0.05, 0.1) is 11.6 Å². The molecule has 4 nitrogen and oxygen atoms in total. The quantitative estimate of drug-likeness (QED) is 0.852. The van der Waals surface area contributed by atoms with E-state index in [1.807, 2.05) is 13.0 Å². The van der Waals surface area contributed by atoms with Crippen molar-refractivity contribution in [2.45, 2.75) is 32.5 Å². The van der Waals surface area contributed by atoms with Gasteiger partial charge in [0, 0.05) is 25.4 Å². The topological polar surface area (TPSA) is 37.6 Å². The minimum Gasteiger partial charge on any atom is -0.297 e. The van der Waals surface area contributed by atoms with E-state index in [1.54, 1.807) is 17.2 Å². The Balaban J connectivity index is 1.81. The van der Waals surface area contributed by atoms with Crippen LogP contribution in [0.1, 0.15) is 24.1 Å². The van der Waals surface area contributed by atoms with Gasteiger partial charge in [-0.05, 0) is 37.9 Å². The molecule has 0 aliphatic carbocycles. The van der Waals surface area contributed by atoms with E-state index in [0.29, 0.717) is 24.3 Å². The Morgan fingerprint density at radius 1 is 1.35 bits per heavy atom. The first-order valence-electron chi connectivity index (χ1n) is 7.61. The standard InChI is InChI=1S/C16H18F3N3O/c1-11-4-5-14-20-13(7-15(23)22(14)8-11)10-21-6-2-3-12(9-21)16(17,18)19/h4-5,7-8,12H,2-3,6,9-10H2,1H3/t12-/m1/s1. The van der Waals surface area contributed by atoms with Gasteiger partial charge in [0.15, 0.2) is 0 Å². The van der Waals surface area contributed by atoms with Crippen molar-refractivity contribution in [2.24, 2.45) is 5.92 Å². The van der Waals surface area contributed by atoms with Crippen molar-refractivity contribution in [3.8, 4) is 0 Å². The minimum atomic E-state index is -4.16. The van der Waals surface area contributed by atoms with E-state index in [0.717, 1.165) is 5.56 Å². The molecule has 1 fully saturated rings. The molecule has 0 amide bonds. The lowest BCUT2D eigenvalue weighted by molar-refractivity contribution is -0.187. The molecule has 1 aliphatic heterocycles. The number of halogens is 3. The van der Waals surface area contributed by atoms with Crippen LogP contribution < -0.4 is 5.56 Å². The van der Waals surface area contributed by atoms with Crippen LogP contribution in [0.3, 0.4) is 0 Å². The summed E-state index contributed by atoms with van der Waals surface area (Å²) in [6.07, 6.45) is -1.77. The number of aryl methyl sites for hydroxylation is 1. The lowest BCUT2D eigenvalue weighted by Crippen LogP contribution is -2.41. The number of hydrogen-bond acceptors (Lipinski definition) is 3. The van der Waals surface area contributed by atoms with E-state index in [4.69, 9.17) is 0 Å². The van der Waals surface area contributed by atoms with Crippen LogP contribution in [-0.2, 0) is 6.54 Å². The molecule has 3 heterocycles. The molecule has 7 heteroatoms. The van der Waals surface area contributed by atoms with Gasteiger partial charge in [-0.2, -0.15) is 13.2 Å². The van der Waals surface area contributed by atoms with Gasteiger partial charge < -0.3 is 0 Å².